The zero-order valence-corrected chi connectivity index (χ0v) is 14.7. The Hall–Kier alpha value is -2.49. The van der Waals surface area contributed by atoms with Gasteiger partial charge in [-0.15, -0.1) is 0 Å². The predicted octanol–water partition coefficient (Wildman–Crippen LogP) is 2.87. The number of rotatable bonds is 5. The molecule has 3 aromatic rings. The minimum atomic E-state index is -4.64. The molecule has 0 radical (unpaired) electrons. The van der Waals surface area contributed by atoms with Crippen LogP contribution in [-0.4, -0.2) is 31.0 Å². The van der Waals surface area contributed by atoms with E-state index in [0.29, 0.717) is 11.3 Å². The minimum Gasteiger partial charge on any atom is -0.494 e. The van der Waals surface area contributed by atoms with Gasteiger partial charge in [0.05, 0.1) is 11.8 Å². The summed E-state index contributed by atoms with van der Waals surface area (Å²) < 4.78 is 38.9. The van der Waals surface area contributed by atoms with Gasteiger partial charge in [-0.3, -0.25) is 9.35 Å². The van der Waals surface area contributed by atoms with Crippen LogP contribution < -0.4 is 10.1 Å². The number of carbonyl (C=O) groups excluding carboxylic acids is 1. The molecular formula is C16H14N2O5S2. The van der Waals surface area contributed by atoms with E-state index >= 15 is 0 Å². The van der Waals surface area contributed by atoms with Crippen molar-refractivity contribution in [3.8, 4) is 5.75 Å². The number of benzene rings is 2. The van der Waals surface area contributed by atoms with Crippen LogP contribution in [0.2, 0.25) is 0 Å². The highest BCUT2D eigenvalue weighted by atomic mass is 32.2. The van der Waals surface area contributed by atoms with Crippen molar-refractivity contribution in [2.75, 3.05) is 12.4 Å². The van der Waals surface area contributed by atoms with Gasteiger partial charge in [-0.25, -0.2) is 4.98 Å². The van der Waals surface area contributed by atoms with Crippen molar-refractivity contribution in [1.29, 1.82) is 0 Å². The molecule has 0 saturated carbocycles. The van der Waals surface area contributed by atoms with E-state index in [1.54, 1.807) is 30.3 Å². The number of para-hydroxylation sites is 1. The molecule has 0 aliphatic heterocycles. The van der Waals surface area contributed by atoms with Gasteiger partial charge < -0.3 is 10.1 Å². The van der Waals surface area contributed by atoms with Crippen LogP contribution in [0.1, 0.15) is 10.8 Å². The molecule has 3 rings (SSSR count). The van der Waals surface area contributed by atoms with Crippen LogP contribution in [0.5, 0.6) is 5.75 Å². The molecule has 1 atom stereocenters. The maximum atomic E-state index is 12.5. The fraction of sp³-hybridized carbons (Fsp3) is 0.125. The lowest BCUT2D eigenvalue weighted by Crippen LogP contribution is -2.27. The van der Waals surface area contributed by atoms with Crippen LogP contribution in [0.15, 0.2) is 48.5 Å². The maximum absolute atomic E-state index is 12.5. The van der Waals surface area contributed by atoms with Crippen LogP contribution in [0.4, 0.5) is 5.13 Å². The molecule has 25 heavy (non-hydrogen) atoms. The van der Waals surface area contributed by atoms with Gasteiger partial charge in [0.15, 0.2) is 10.4 Å². The SMILES string of the molecule is COc1cccc2sc(NC(=O)C(c3ccccc3)S(=O)(=O)O)nc12. The quantitative estimate of drug-likeness (QED) is 0.661. The van der Waals surface area contributed by atoms with E-state index in [1.165, 1.54) is 30.6 Å². The standard InChI is InChI=1S/C16H14N2O5S2/c1-23-11-8-5-9-12-13(11)17-16(24-12)18-15(19)14(25(20,21)22)10-6-3-2-4-7-10/h2-9,14H,1H3,(H,17,18,19)(H,20,21,22). The van der Waals surface area contributed by atoms with Crippen molar-refractivity contribution < 1.29 is 22.5 Å². The van der Waals surface area contributed by atoms with Crippen molar-refractivity contribution in [3.63, 3.8) is 0 Å². The van der Waals surface area contributed by atoms with Crippen molar-refractivity contribution in [3.05, 3.63) is 54.1 Å². The first kappa shape index (κ1) is 17.3. The molecule has 7 nitrogen and oxygen atoms in total. The summed E-state index contributed by atoms with van der Waals surface area (Å²) >= 11 is 1.18. The van der Waals surface area contributed by atoms with Gasteiger partial charge in [0.2, 0.25) is 0 Å². The summed E-state index contributed by atoms with van der Waals surface area (Å²) in [5.41, 5.74) is 0.731. The molecule has 0 fully saturated rings. The second-order valence-electron chi connectivity index (χ2n) is 5.12. The number of nitrogens with zero attached hydrogens (tertiary/aromatic N) is 1. The number of hydrogen-bond acceptors (Lipinski definition) is 6. The second kappa shape index (κ2) is 6.79. The Morgan fingerprint density at radius 3 is 2.56 bits per heavy atom. The summed E-state index contributed by atoms with van der Waals surface area (Å²) in [5, 5.41) is 0.945. The van der Waals surface area contributed by atoms with Crippen LogP contribution >= 0.6 is 11.3 Å². The van der Waals surface area contributed by atoms with Crippen molar-refractivity contribution in [2.45, 2.75) is 5.25 Å². The van der Waals surface area contributed by atoms with Crippen LogP contribution in [0.25, 0.3) is 10.2 Å². The number of amides is 1. The van der Waals surface area contributed by atoms with E-state index in [0.717, 1.165) is 4.70 Å². The molecular weight excluding hydrogens is 364 g/mol. The van der Waals surface area contributed by atoms with Crippen LogP contribution in [0.3, 0.4) is 0 Å². The first-order chi connectivity index (χ1) is 11.9. The first-order valence-electron chi connectivity index (χ1n) is 7.16. The number of methoxy groups -OCH3 is 1. The largest absolute Gasteiger partial charge is 0.494 e. The number of nitrogens with one attached hydrogen (secondary N) is 1. The lowest BCUT2D eigenvalue weighted by atomic mass is 10.1. The zero-order valence-electron chi connectivity index (χ0n) is 13.0. The monoisotopic (exact) mass is 378 g/mol. The average Bonchev–Trinajstić information content (AvgIpc) is 2.96. The summed E-state index contributed by atoms with van der Waals surface area (Å²) in [4.78, 5) is 16.7. The van der Waals surface area contributed by atoms with E-state index in [1.807, 2.05) is 6.07 Å². The Balaban J connectivity index is 1.95. The van der Waals surface area contributed by atoms with Crippen LogP contribution in [0, 0.1) is 0 Å². The smallest absolute Gasteiger partial charge is 0.281 e. The highest BCUT2D eigenvalue weighted by Gasteiger charge is 2.33. The number of ether oxygens (including phenoxy) is 1. The van der Waals surface area contributed by atoms with E-state index < -0.39 is 21.3 Å². The van der Waals surface area contributed by atoms with E-state index in [4.69, 9.17) is 4.74 Å². The molecule has 0 spiro atoms. The summed E-state index contributed by atoms with van der Waals surface area (Å²) in [6.45, 7) is 0. The Labute approximate surface area is 148 Å². The van der Waals surface area contributed by atoms with Crippen molar-refractivity contribution >= 4 is 42.7 Å². The third-order valence-electron chi connectivity index (χ3n) is 3.47. The van der Waals surface area contributed by atoms with Crippen molar-refractivity contribution in [1.82, 2.24) is 4.98 Å². The molecule has 1 unspecified atom stereocenters. The lowest BCUT2D eigenvalue weighted by Gasteiger charge is -2.13. The highest BCUT2D eigenvalue weighted by molar-refractivity contribution is 7.86. The second-order valence-corrected chi connectivity index (χ2v) is 7.65. The highest BCUT2D eigenvalue weighted by Crippen LogP contribution is 2.33. The third-order valence-corrected chi connectivity index (χ3v) is 5.49. The lowest BCUT2D eigenvalue weighted by molar-refractivity contribution is -0.116. The van der Waals surface area contributed by atoms with Gasteiger partial charge in [-0.2, -0.15) is 8.42 Å². The minimum absolute atomic E-state index is 0.168. The molecule has 1 aromatic heterocycles. The van der Waals surface area contributed by atoms with Gasteiger partial charge in [-0.05, 0) is 17.7 Å². The van der Waals surface area contributed by atoms with E-state index in [2.05, 4.69) is 10.3 Å². The molecule has 9 heteroatoms. The number of aromatic nitrogens is 1. The summed E-state index contributed by atoms with van der Waals surface area (Å²) in [7, 11) is -3.13. The Kier molecular flexibility index (Phi) is 4.71. The summed E-state index contributed by atoms with van der Waals surface area (Å²) in [6.07, 6.45) is 0. The number of fused-ring (bicyclic) bond motifs is 1. The van der Waals surface area contributed by atoms with Gasteiger partial charge in [-0.1, -0.05) is 47.7 Å². The van der Waals surface area contributed by atoms with E-state index in [9.17, 15) is 17.8 Å². The average molecular weight is 378 g/mol. The number of thiazole rings is 1. The van der Waals surface area contributed by atoms with Gasteiger partial charge >= 0.3 is 0 Å². The molecule has 0 aliphatic carbocycles. The number of hydrogen-bond donors (Lipinski definition) is 2. The molecule has 0 aliphatic rings. The summed E-state index contributed by atoms with van der Waals surface area (Å²) in [5.74, 6) is -0.338. The first-order valence-corrected chi connectivity index (χ1v) is 9.48. The van der Waals surface area contributed by atoms with Gasteiger partial charge in [0, 0.05) is 0 Å². The maximum Gasteiger partial charge on any atom is 0.281 e. The summed E-state index contributed by atoms with van der Waals surface area (Å²) in [6, 6.07) is 13.1. The van der Waals surface area contributed by atoms with Crippen molar-refractivity contribution in [2.24, 2.45) is 0 Å². The topological polar surface area (TPSA) is 106 Å². The Bertz CT molecular complexity index is 1020. The van der Waals surface area contributed by atoms with Gasteiger partial charge in [0.25, 0.3) is 16.0 Å². The molecule has 0 saturated heterocycles. The van der Waals surface area contributed by atoms with E-state index in [-0.39, 0.29) is 10.7 Å². The molecule has 2 N–H and O–H groups in total. The zero-order chi connectivity index (χ0) is 18.0. The predicted molar refractivity (Wildman–Crippen MR) is 95.5 cm³/mol. The molecule has 130 valence electrons. The fourth-order valence-corrected chi connectivity index (χ4v) is 4.12. The van der Waals surface area contributed by atoms with Crippen LogP contribution in [-0.2, 0) is 14.9 Å². The molecule has 1 amide bonds. The molecule has 0 bridgehead atoms. The molecule has 1 heterocycles. The normalized spacial score (nSPS) is 12.7. The molecule has 2 aromatic carbocycles. The van der Waals surface area contributed by atoms with Gasteiger partial charge in [0.1, 0.15) is 11.3 Å². The number of carbonyl (C=O) groups is 1. The Morgan fingerprint density at radius 1 is 1.20 bits per heavy atom. The Morgan fingerprint density at radius 2 is 1.92 bits per heavy atom. The fourth-order valence-electron chi connectivity index (χ4n) is 2.40. The third kappa shape index (κ3) is 3.63. The number of anilines is 1.